The molecule has 0 amide bonds. The Hall–Kier alpha value is -3.79. The Morgan fingerprint density at radius 2 is 1.19 bits per heavy atom. The summed E-state index contributed by atoms with van der Waals surface area (Å²) in [6, 6.07) is 32.3. The third kappa shape index (κ3) is 2.77. The van der Waals surface area contributed by atoms with Crippen LogP contribution in [0.2, 0.25) is 0 Å². The van der Waals surface area contributed by atoms with Gasteiger partial charge in [-0.1, -0.05) is 96.0 Å². The molecular formula is C23H16N3O+. The normalized spacial score (nSPS) is 11.0. The highest BCUT2D eigenvalue weighted by molar-refractivity contribution is 5.74. The summed E-state index contributed by atoms with van der Waals surface area (Å²) in [5.74, 6) is 0. The van der Waals surface area contributed by atoms with Crippen molar-refractivity contribution in [2.45, 2.75) is 0 Å². The van der Waals surface area contributed by atoms with Crippen LogP contribution < -0.4 is 4.57 Å². The smallest absolute Gasteiger partial charge is 0.133 e. The van der Waals surface area contributed by atoms with Crippen molar-refractivity contribution in [3.05, 3.63) is 97.1 Å². The summed E-state index contributed by atoms with van der Waals surface area (Å²) in [6.07, 6.45) is 0. The molecule has 2 aromatic heterocycles. The summed E-state index contributed by atoms with van der Waals surface area (Å²) < 4.78 is 7.38. The molecule has 0 bridgehead atoms. The van der Waals surface area contributed by atoms with Gasteiger partial charge in [0.2, 0.25) is 0 Å². The molecular weight excluding hydrogens is 334 g/mol. The Balaban J connectivity index is 1.82. The van der Waals surface area contributed by atoms with Gasteiger partial charge >= 0.3 is 5.65 Å². The molecule has 4 nitrogen and oxygen atoms in total. The largest absolute Gasteiger partial charge is 0.349 e. The molecule has 0 aliphatic rings. The zero-order chi connectivity index (χ0) is 18.1. The van der Waals surface area contributed by atoms with Gasteiger partial charge in [-0.05, 0) is 4.57 Å². The van der Waals surface area contributed by atoms with Crippen molar-refractivity contribution in [2.24, 2.45) is 0 Å². The fourth-order valence-electron chi connectivity index (χ4n) is 3.19. The summed E-state index contributed by atoms with van der Waals surface area (Å²) in [4.78, 5) is 4.87. The van der Waals surface area contributed by atoms with Crippen LogP contribution in [-0.4, -0.2) is 10.1 Å². The number of hydrogen-bond donors (Lipinski definition) is 0. The van der Waals surface area contributed by atoms with Crippen LogP contribution in [0.4, 0.5) is 0 Å². The van der Waals surface area contributed by atoms with Gasteiger partial charge < -0.3 is 0 Å². The second kappa shape index (κ2) is 6.50. The van der Waals surface area contributed by atoms with Crippen molar-refractivity contribution in [2.75, 3.05) is 0 Å². The molecule has 2 heterocycles. The molecule has 0 radical (unpaired) electrons. The van der Waals surface area contributed by atoms with Crippen molar-refractivity contribution < 1.29 is 9.20 Å². The summed E-state index contributed by atoms with van der Waals surface area (Å²) >= 11 is 0. The van der Waals surface area contributed by atoms with Crippen LogP contribution in [0.25, 0.3) is 39.4 Å². The summed E-state index contributed by atoms with van der Waals surface area (Å²) in [5, 5.41) is 4.31. The Bertz CT molecular complexity index is 1200. The Labute approximate surface area is 156 Å². The van der Waals surface area contributed by atoms with Gasteiger partial charge in [-0.3, -0.25) is 0 Å². The first-order valence-corrected chi connectivity index (χ1v) is 8.79. The molecule has 0 aliphatic carbocycles. The van der Waals surface area contributed by atoms with E-state index in [1.165, 1.54) is 0 Å². The lowest BCUT2D eigenvalue weighted by molar-refractivity contribution is -0.720. The number of fused-ring (bicyclic) bond motifs is 1. The van der Waals surface area contributed by atoms with Gasteiger partial charge in [-0.15, -0.1) is 4.63 Å². The van der Waals surface area contributed by atoms with E-state index in [2.05, 4.69) is 29.4 Å². The maximum Gasteiger partial charge on any atom is 0.349 e. The maximum atomic E-state index is 5.68. The second-order valence-electron chi connectivity index (χ2n) is 6.26. The molecule has 0 aliphatic heterocycles. The number of nitrogens with zero attached hydrogens (tertiary/aromatic N) is 3. The van der Waals surface area contributed by atoms with E-state index in [1.807, 2.05) is 72.8 Å². The number of rotatable bonds is 3. The minimum absolute atomic E-state index is 0.696. The SMILES string of the molecule is c1ccc(-c2cc(-c3ccccc3)[n+]3onc(-c4ccccc4)c3n2)cc1. The fraction of sp³-hybridized carbons (Fsp3) is 0. The maximum absolute atomic E-state index is 5.68. The van der Waals surface area contributed by atoms with Crippen LogP contribution in [0.5, 0.6) is 0 Å². The van der Waals surface area contributed by atoms with Gasteiger partial charge in [0.15, 0.2) is 5.69 Å². The zero-order valence-corrected chi connectivity index (χ0v) is 14.5. The van der Waals surface area contributed by atoms with Gasteiger partial charge in [0, 0.05) is 22.8 Å². The van der Waals surface area contributed by atoms with Crippen LogP contribution >= 0.6 is 0 Å². The topological polar surface area (TPSA) is 43.0 Å². The fourth-order valence-corrected chi connectivity index (χ4v) is 3.19. The minimum Gasteiger partial charge on any atom is -0.133 e. The lowest BCUT2D eigenvalue weighted by atomic mass is 10.1. The first-order chi connectivity index (χ1) is 13.4. The van der Waals surface area contributed by atoms with E-state index < -0.39 is 0 Å². The van der Waals surface area contributed by atoms with E-state index in [1.54, 1.807) is 4.57 Å². The molecule has 0 atom stereocenters. The molecule has 0 saturated carbocycles. The molecule has 128 valence electrons. The average Bonchev–Trinajstić information content (AvgIpc) is 3.19. The summed E-state index contributed by atoms with van der Waals surface area (Å²) in [7, 11) is 0. The van der Waals surface area contributed by atoms with Crippen LogP contribution in [0, 0.1) is 0 Å². The lowest BCUT2D eigenvalue weighted by Gasteiger charge is -2.02. The third-order valence-corrected chi connectivity index (χ3v) is 4.52. The lowest BCUT2D eigenvalue weighted by Crippen LogP contribution is -2.23. The van der Waals surface area contributed by atoms with Crippen molar-refractivity contribution in [1.29, 1.82) is 0 Å². The van der Waals surface area contributed by atoms with E-state index >= 15 is 0 Å². The molecule has 0 unspecified atom stereocenters. The van der Waals surface area contributed by atoms with Gasteiger partial charge in [-0.2, -0.15) is 0 Å². The van der Waals surface area contributed by atoms with Gasteiger partial charge in [-0.25, -0.2) is 0 Å². The first-order valence-electron chi connectivity index (χ1n) is 8.79. The quantitative estimate of drug-likeness (QED) is 0.439. The highest BCUT2D eigenvalue weighted by atomic mass is 16.6. The van der Waals surface area contributed by atoms with Crippen molar-refractivity contribution in [3.63, 3.8) is 0 Å². The van der Waals surface area contributed by atoms with E-state index in [9.17, 15) is 0 Å². The molecule has 4 heteroatoms. The molecule has 0 N–H and O–H groups in total. The monoisotopic (exact) mass is 350 g/mol. The molecule has 5 rings (SSSR count). The molecule has 0 spiro atoms. The van der Waals surface area contributed by atoms with E-state index in [-0.39, 0.29) is 0 Å². The predicted octanol–water partition coefficient (Wildman–Crippen LogP) is 4.81. The van der Waals surface area contributed by atoms with Crippen molar-refractivity contribution >= 4 is 5.65 Å². The van der Waals surface area contributed by atoms with Crippen LogP contribution in [-0.2, 0) is 0 Å². The Kier molecular flexibility index (Phi) is 3.72. The molecule has 0 fully saturated rings. The van der Waals surface area contributed by atoms with Crippen molar-refractivity contribution in [1.82, 2.24) is 10.1 Å². The second-order valence-corrected chi connectivity index (χ2v) is 6.26. The minimum atomic E-state index is 0.696. The number of aromatic nitrogens is 3. The third-order valence-electron chi connectivity index (χ3n) is 4.52. The standard InChI is InChI=1S/C23H16N3O/c1-4-10-17(11-5-1)20-16-21(18-12-6-2-7-13-18)26-23(24-20)22(25-27-26)19-14-8-3-9-15-19/h1-16H/q+1. The number of benzene rings is 3. The summed E-state index contributed by atoms with van der Waals surface area (Å²) in [6.45, 7) is 0. The predicted molar refractivity (Wildman–Crippen MR) is 104 cm³/mol. The van der Waals surface area contributed by atoms with Crippen LogP contribution in [0.15, 0.2) is 102 Å². The van der Waals surface area contributed by atoms with Crippen LogP contribution in [0.1, 0.15) is 0 Å². The van der Waals surface area contributed by atoms with Crippen LogP contribution in [0.3, 0.4) is 0 Å². The molecule has 3 aromatic carbocycles. The molecule has 27 heavy (non-hydrogen) atoms. The Morgan fingerprint density at radius 3 is 1.81 bits per heavy atom. The Morgan fingerprint density at radius 1 is 0.630 bits per heavy atom. The molecule has 5 aromatic rings. The van der Waals surface area contributed by atoms with E-state index in [0.29, 0.717) is 5.65 Å². The number of hydrogen-bond acceptors (Lipinski definition) is 3. The van der Waals surface area contributed by atoms with Gasteiger partial charge in [0.05, 0.1) is 5.16 Å². The van der Waals surface area contributed by atoms with Gasteiger partial charge in [0.25, 0.3) is 5.69 Å². The highest BCUT2D eigenvalue weighted by Gasteiger charge is 2.25. The first kappa shape index (κ1) is 15.5. The van der Waals surface area contributed by atoms with E-state index in [0.717, 1.165) is 33.8 Å². The van der Waals surface area contributed by atoms with Crippen molar-refractivity contribution in [3.8, 4) is 33.8 Å². The van der Waals surface area contributed by atoms with Gasteiger partial charge in [0.1, 0.15) is 5.69 Å². The summed E-state index contributed by atoms with van der Waals surface area (Å²) in [5.41, 5.74) is 6.29. The average molecular weight is 350 g/mol. The molecule has 0 saturated heterocycles. The van der Waals surface area contributed by atoms with E-state index in [4.69, 9.17) is 9.61 Å². The zero-order valence-electron chi connectivity index (χ0n) is 14.5. The highest BCUT2D eigenvalue weighted by Crippen LogP contribution is 2.26.